The van der Waals surface area contributed by atoms with Gasteiger partial charge < -0.3 is 15.8 Å². The Hall–Kier alpha value is -2.29. The van der Waals surface area contributed by atoms with Crippen molar-refractivity contribution in [3.05, 3.63) is 34.3 Å². The summed E-state index contributed by atoms with van der Waals surface area (Å²) in [6.07, 6.45) is 0.417. The number of benzene rings is 1. The number of ether oxygens (including phenoxy) is 1. The molecule has 3 N–H and O–H groups in total. The fourth-order valence-electron chi connectivity index (χ4n) is 1.64. The van der Waals surface area contributed by atoms with E-state index in [1.54, 1.807) is 0 Å². The van der Waals surface area contributed by atoms with Crippen molar-refractivity contribution >= 4 is 22.4 Å². The number of methoxy groups -OCH3 is 1. The van der Waals surface area contributed by atoms with Gasteiger partial charge in [-0.3, -0.25) is 4.79 Å². The highest BCUT2D eigenvalue weighted by molar-refractivity contribution is 7.15. The molecule has 0 bridgehead atoms. The Labute approximate surface area is 122 Å². The zero-order chi connectivity index (χ0) is 15.4. The smallest absolute Gasteiger partial charge is 0.254 e. The number of hydrogen-bond donors (Lipinski definition) is 2. The molecule has 9 heteroatoms. The van der Waals surface area contributed by atoms with Gasteiger partial charge in [0.05, 0.1) is 12.7 Å². The Kier molecular flexibility index (Phi) is 4.63. The van der Waals surface area contributed by atoms with Gasteiger partial charge in [-0.05, 0) is 12.1 Å². The number of hydrogen-bond acceptors (Lipinski definition) is 6. The molecule has 0 unspecified atom stereocenters. The first kappa shape index (κ1) is 15.1. The van der Waals surface area contributed by atoms with E-state index in [9.17, 15) is 13.6 Å². The Morgan fingerprint density at radius 1 is 1.43 bits per heavy atom. The molecule has 0 aliphatic rings. The lowest BCUT2D eigenvalue weighted by atomic mass is 10.1. The van der Waals surface area contributed by atoms with E-state index >= 15 is 0 Å². The van der Waals surface area contributed by atoms with Crippen molar-refractivity contribution in [3.63, 3.8) is 0 Å². The molecule has 0 atom stereocenters. The minimum absolute atomic E-state index is 0.229. The van der Waals surface area contributed by atoms with Crippen LogP contribution in [0.25, 0.3) is 0 Å². The molecule has 0 radical (unpaired) electrons. The maximum absolute atomic E-state index is 13.9. The van der Waals surface area contributed by atoms with Gasteiger partial charge in [-0.15, -0.1) is 10.2 Å². The zero-order valence-corrected chi connectivity index (χ0v) is 11.8. The molecular weight excluding hydrogens is 302 g/mol. The van der Waals surface area contributed by atoms with E-state index in [1.165, 1.54) is 11.3 Å². The van der Waals surface area contributed by atoms with Crippen molar-refractivity contribution < 1.29 is 18.3 Å². The van der Waals surface area contributed by atoms with Crippen molar-refractivity contribution in [3.8, 4) is 5.75 Å². The third-order valence-electron chi connectivity index (χ3n) is 2.60. The summed E-state index contributed by atoms with van der Waals surface area (Å²) in [4.78, 5) is 11.9. The summed E-state index contributed by atoms with van der Waals surface area (Å²) in [7, 11) is 1.13. The van der Waals surface area contributed by atoms with Gasteiger partial charge in [-0.25, -0.2) is 8.78 Å². The van der Waals surface area contributed by atoms with Crippen molar-refractivity contribution in [2.45, 2.75) is 6.42 Å². The van der Waals surface area contributed by atoms with Gasteiger partial charge in [0.2, 0.25) is 5.13 Å². The molecule has 1 heterocycles. The highest BCUT2D eigenvalue weighted by Crippen LogP contribution is 2.24. The third-order valence-corrected chi connectivity index (χ3v) is 3.42. The van der Waals surface area contributed by atoms with Crippen LogP contribution in [0, 0.1) is 11.6 Å². The molecule has 21 heavy (non-hydrogen) atoms. The number of nitrogens with one attached hydrogen (secondary N) is 1. The van der Waals surface area contributed by atoms with E-state index in [0.717, 1.165) is 19.2 Å². The SMILES string of the molecule is COc1c(F)ccc(C(=O)NCCc2nnc(N)s2)c1F. The summed E-state index contributed by atoms with van der Waals surface area (Å²) in [6.45, 7) is 0.229. The fraction of sp³-hybridized carbons (Fsp3) is 0.250. The van der Waals surface area contributed by atoms with Gasteiger partial charge in [0.1, 0.15) is 5.01 Å². The van der Waals surface area contributed by atoms with Crippen LogP contribution in [-0.2, 0) is 6.42 Å². The second kappa shape index (κ2) is 6.44. The first-order valence-corrected chi connectivity index (χ1v) is 6.72. The highest BCUT2D eigenvalue weighted by atomic mass is 32.1. The summed E-state index contributed by atoms with van der Waals surface area (Å²) < 4.78 is 31.7. The quantitative estimate of drug-likeness (QED) is 0.870. The molecule has 1 amide bonds. The number of amides is 1. The van der Waals surface area contributed by atoms with E-state index in [1.807, 2.05) is 0 Å². The van der Waals surface area contributed by atoms with Gasteiger partial charge in [0.15, 0.2) is 17.4 Å². The normalized spacial score (nSPS) is 10.4. The summed E-state index contributed by atoms with van der Waals surface area (Å²) in [5.41, 5.74) is 5.14. The van der Waals surface area contributed by atoms with E-state index in [4.69, 9.17) is 5.73 Å². The maximum Gasteiger partial charge on any atom is 0.254 e. The standard InChI is InChI=1S/C12H12F2N4O2S/c1-20-10-7(13)3-2-6(9(10)14)11(19)16-5-4-8-17-18-12(15)21-8/h2-3H,4-5H2,1H3,(H2,15,18)(H,16,19). The molecule has 0 saturated carbocycles. The predicted octanol–water partition coefficient (Wildman–Crippen LogP) is 1.38. The van der Waals surface area contributed by atoms with Crippen LogP contribution in [0.2, 0.25) is 0 Å². The third kappa shape index (κ3) is 3.43. The van der Waals surface area contributed by atoms with E-state index in [2.05, 4.69) is 20.3 Å². The van der Waals surface area contributed by atoms with Gasteiger partial charge >= 0.3 is 0 Å². The van der Waals surface area contributed by atoms with Crippen LogP contribution in [0.15, 0.2) is 12.1 Å². The molecule has 0 saturated heterocycles. The second-order valence-electron chi connectivity index (χ2n) is 3.98. The summed E-state index contributed by atoms with van der Waals surface area (Å²) in [5, 5.41) is 10.9. The number of aromatic nitrogens is 2. The molecular formula is C12H12F2N4O2S. The van der Waals surface area contributed by atoms with Crippen molar-refractivity contribution in [1.29, 1.82) is 0 Å². The summed E-state index contributed by atoms with van der Waals surface area (Å²) in [6, 6.07) is 2.04. The number of carbonyl (C=O) groups excluding carboxylic acids is 1. The number of nitrogens with two attached hydrogens (primary N) is 1. The number of rotatable bonds is 5. The molecule has 0 aliphatic carbocycles. The van der Waals surface area contributed by atoms with Crippen molar-refractivity contribution in [2.24, 2.45) is 0 Å². The van der Waals surface area contributed by atoms with Crippen LogP contribution in [-0.4, -0.2) is 29.8 Å². The molecule has 0 fully saturated rings. The average Bonchev–Trinajstić information content (AvgIpc) is 2.85. The predicted molar refractivity (Wildman–Crippen MR) is 73.3 cm³/mol. The lowest BCUT2D eigenvalue weighted by Gasteiger charge is -2.08. The average molecular weight is 314 g/mol. The Morgan fingerprint density at radius 3 is 2.81 bits per heavy atom. The lowest BCUT2D eigenvalue weighted by molar-refractivity contribution is 0.0949. The van der Waals surface area contributed by atoms with Crippen LogP contribution < -0.4 is 15.8 Å². The van der Waals surface area contributed by atoms with Crippen LogP contribution in [0.4, 0.5) is 13.9 Å². The minimum Gasteiger partial charge on any atom is -0.491 e. The molecule has 112 valence electrons. The van der Waals surface area contributed by atoms with Crippen molar-refractivity contribution in [1.82, 2.24) is 15.5 Å². The Balaban J connectivity index is 2.00. The molecule has 0 aliphatic heterocycles. The summed E-state index contributed by atoms with van der Waals surface area (Å²) >= 11 is 1.21. The Morgan fingerprint density at radius 2 is 2.19 bits per heavy atom. The van der Waals surface area contributed by atoms with E-state index < -0.39 is 23.3 Å². The van der Waals surface area contributed by atoms with Crippen LogP contribution in [0.1, 0.15) is 15.4 Å². The molecule has 6 nitrogen and oxygen atoms in total. The Bertz CT molecular complexity index is 663. The van der Waals surface area contributed by atoms with Crippen LogP contribution in [0.5, 0.6) is 5.75 Å². The van der Waals surface area contributed by atoms with Crippen LogP contribution >= 0.6 is 11.3 Å². The number of nitrogens with zero attached hydrogens (tertiary/aromatic N) is 2. The minimum atomic E-state index is -1.03. The van der Waals surface area contributed by atoms with E-state index in [0.29, 0.717) is 16.6 Å². The fourth-order valence-corrected chi connectivity index (χ4v) is 2.25. The first-order chi connectivity index (χ1) is 10.0. The van der Waals surface area contributed by atoms with Crippen LogP contribution in [0.3, 0.4) is 0 Å². The topological polar surface area (TPSA) is 90.1 Å². The summed E-state index contributed by atoms with van der Waals surface area (Å²) in [5.74, 6) is -3.14. The molecule has 1 aromatic carbocycles. The second-order valence-corrected chi connectivity index (χ2v) is 5.08. The highest BCUT2D eigenvalue weighted by Gasteiger charge is 2.19. The largest absolute Gasteiger partial charge is 0.491 e. The number of carbonyl (C=O) groups is 1. The lowest BCUT2D eigenvalue weighted by Crippen LogP contribution is -2.26. The monoisotopic (exact) mass is 314 g/mol. The number of anilines is 1. The van der Waals surface area contributed by atoms with Gasteiger partial charge in [-0.1, -0.05) is 11.3 Å². The molecule has 0 spiro atoms. The maximum atomic E-state index is 13.9. The molecule has 2 rings (SSSR count). The molecule has 2 aromatic rings. The van der Waals surface area contributed by atoms with Crippen molar-refractivity contribution in [2.75, 3.05) is 19.4 Å². The van der Waals surface area contributed by atoms with E-state index in [-0.39, 0.29) is 12.1 Å². The van der Waals surface area contributed by atoms with Gasteiger partial charge in [0, 0.05) is 13.0 Å². The van der Waals surface area contributed by atoms with Gasteiger partial charge in [0.25, 0.3) is 5.91 Å². The van der Waals surface area contributed by atoms with Gasteiger partial charge in [-0.2, -0.15) is 0 Å². The molecule has 1 aromatic heterocycles. The number of halogens is 2. The zero-order valence-electron chi connectivity index (χ0n) is 11.0. The first-order valence-electron chi connectivity index (χ1n) is 5.91. The number of nitrogen functional groups attached to an aromatic ring is 1.